The maximum Gasteiger partial charge on any atom is 0.166 e. The second-order valence-corrected chi connectivity index (χ2v) is 6.03. The summed E-state index contributed by atoms with van der Waals surface area (Å²) in [5.41, 5.74) is 1.01. The monoisotopic (exact) mass is 337 g/mol. The van der Waals surface area contributed by atoms with Crippen molar-refractivity contribution in [2.24, 2.45) is 0 Å². The van der Waals surface area contributed by atoms with E-state index in [0.29, 0.717) is 17.3 Å². The Labute approximate surface area is 142 Å². The van der Waals surface area contributed by atoms with Gasteiger partial charge in [0.1, 0.15) is 0 Å². The van der Waals surface area contributed by atoms with Gasteiger partial charge in [-0.05, 0) is 32.9 Å². The second-order valence-electron chi connectivity index (χ2n) is 5.59. The van der Waals surface area contributed by atoms with E-state index in [1.807, 2.05) is 32.4 Å². The van der Waals surface area contributed by atoms with Crippen LogP contribution in [0.4, 0.5) is 0 Å². The van der Waals surface area contributed by atoms with Gasteiger partial charge < -0.3 is 19.4 Å². The van der Waals surface area contributed by atoms with Crippen molar-refractivity contribution < 1.29 is 9.47 Å². The molecule has 0 saturated heterocycles. The number of nitrogens with one attached hydrogen (secondary N) is 1. The number of imidazole rings is 1. The molecule has 0 aliphatic heterocycles. The van der Waals surface area contributed by atoms with E-state index in [1.165, 1.54) is 0 Å². The molecule has 1 aromatic heterocycles. The van der Waals surface area contributed by atoms with E-state index >= 15 is 0 Å². The summed E-state index contributed by atoms with van der Waals surface area (Å²) in [6, 6.07) is 3.70. The smallest absolute Gasteiger partial charge is 0.166 e. The van der Waals surface area contributed by atoms with Crippen molar-refractivity contribution in [3.05, 3.63) is 41.4 Å². The van der Waals surface area contributed by atoms with Crippen LogP contribution in [-0.4, -0.2) is 29.3 Å². The number of ether oxygens (including phenoxy) is 2. The van der Waals surface area contributed by atoms with Crippen molar-refractivity contribution in [2.75, 3.05) is 13.7 Å². The quantitative estimate of drug-likeness (QED) is 0.711. The van der Waals surface area contributed by atoms with Crippen LogP contribution in [-0.2, 0) is 13.1 Å². The molecule has 1 aromatic carbocycles. The van der Waals surface area contributed by atoms with Gasteiger partial charge in [-0.3, -0.25) is 0 Å². The molecule has 23 heavy (non-hydrogen) atoms. The van der Waals surface area contributed by atoms with Gasteiger partial charge in [-0.15, -0.1) is 0 Å². The molecule has 2 aromatic rings. The first-order valence-electron chi connectivity index (χ1n) is 7.79. The zero-order valence-corrected chi connectivity index (χ0v) is 14.6. The van der Waals surface area contributed by atoms with Gasteiger partial charge in [-0.1, -0.05) is 11.6 Å². The molecule has 0 spiro atoms. The highest BCUT2D eigenvalue weighted by Crippen LogP contribution is 2.35. The van der Waals surface area contributed by atoms with Crippen molar-refractivity contribution in [1.82, 2.24) is 14.9 Å². The largest absolute Gasteiger partial charge is 0.493 e. The number of aryl methyl sites for hydroxylation is 1. The summed E-state index contributed by atoms with van der Waals surface area (Å²) in [4.78, 5) is 4.03. The highest BCUT2D eigenvalue weighted by Gasteiger charge is 2.14. The van der Waals surface area contributed by atoms with E-state index in [0.717, 1.165) is 30.8 Å². The molecule has 0 unspecified atom stereocenters. The molecule has 1 N–H and O–H groups in total. The van der Waals surface area contributed by atoms with Gasteiger partial charge in [0.25, 0.3) is 0 Å². The molecule has 0 atom stereocenters. The van der Waals surface area contributed by atoms with Crippen LogP contribution in [0, 0.1) is 0 Å². The molecular weight excluding hydrogens is 314 g/mol. The number of aromatic nitrogens is 2. The van der Waals surface area contributed by atoms with Gasteiger partial charge in [0, 0.05) is 42.1 Å². The maximum atomic E-state index is 6.17. The lowest BCUT2D eigenvalue weighted by Crippen LogP contribution is -2.18. The Kier molecular flexibility index (Phi) is 6.74. The lowest BCUT2D eigenvalue weighted by molar-refractivity contribution is 0.227. The molecule has 0 amide bonds. The van der Waals surface area contributed by atoms with Crippen LogP contribution in [0.3, 0.4) is 0 Å². The standard InChI is InChI=1S/C17H24ClN3O2/c1-13(2)23-17-14(9-15(18)10-16(17)22-3)11-19-5-4-7-21-8-6-20-12-21/h6,8-10,12-13,19H,4-5,7,11H2,1-3H3. The highest BCUT2D eigenvalue weighted by molar-refractivity contribution is 6.30. The summed E-state index contributed by atoms with van der Waals surface area (Å²) >= 11 is 6.17. The van der Waals surface area contributed by atoms with Gasteiger partial charge >= 0.3 is 0 Å². The third-order valence-corrected chi connectivity index (χ3v) is 3.53. The number of rotatable bonds is 9. The molecule has 0 bridgehead atoms. The zero-order valence-electron chi connectivity index (χ0n) is 13.9. The lowest BCUT2D eigenvalue weighted by Gasteiger charge is -2.18. The summed E-state index contributed by atoms with van der Waals surface area (Å²) in [6.07, 6.45) is 6.69. The topological polar surface area (TPSA) is 48.3 Å². The molecule has 0 aliphatic carbocycles. The number of methoxy groups -OCH3 is 1. The Balaban J connectivity index is 1.93. The number of hydrogen-bond donors (Lipinski definition) is 1. The molecule has 0 fully saturated rings. The third kappa shape index (κ3) is 5.44. The van der Waals surface area contributed by atoms with Crippen LogP contribution in [0.1, 0.15) is 25.8 Å². The van der Waals surface area contributed by atoms with Crippen molar-refractivity contribution in [3.63, 3.8) is 0 Å². The van der Waals surface area contributed by atoms with Gasteiger partial charge in [0.15, 0.2) is 11.5 Å². The molecule has 0 aliphatic rings. The molecule has 5 nitrogen and oxygen atoms in total. The molecule has 1 heterocycles. The predicted molar refractivity (Wildman–Crippen MR) is 92.3 cm³/mol. The zero-order chi connectivity index (χ0) is 16.7. The summed E-state index contributed by atoms with van der Waals surface area (Å²) < 4.78 is 13.4. The third-order valence-electron chi connectivity index (χ3n) is 3.31. The summed E-state index contributed by atoms with van der Waals surface area (Å²) in [6.45, 7) is 6.52. The Morgan fingerprint density at radius 3 is 2.83 bits per heavy atom. The lowest BCUT2D eigenvalue weighted by atomic mass is 10.1. The Bertz CT molecular complexity index is 600. The van der Waals surface area contributed by atoms with Gasteiger partial charge in [-0.25, -0.2) is 4.98 Å². The van der Waals surface area contributed by atoms with Crippen LogP contribution < -0.4 is 14.8 Å². The molecular formula is C17H24ClN3O2. The first kappa shape index (κ1) is 17.6. The van der Waals surface area contributed by atoms with Gasteiger partial charge in [0.2, 0.25) is 0 Å². The average molecular weight is 338 g/mol. The normalized spacial score (nSPS) is 11.0. The minimum atomic E-state index is 0.0741. The molecule has 126 valence electrons. The van der Waals surface area contributed by atoms with E-state index in [2.05, 4.69) is 14.9 Å². The average Bonchev–Trinajstić information content (AvgIpc) is 3.02. The van der Waals surface area contributed by atoms with Gasteiger partial charge in [-0.2, -0.15) is 0 Å². The predicted octanol–water partition coefficient (Wildman–Crippen LogP) is 3.51. The number of hydrogen-bond acceptors (Lipinski definition) is 4. The fourth-order valence-corrected chi connectivity index (χ4v) is 2.53. The highest BCUT2D eigenvalue weighted by atomic mass is 35.5. The molecule has 0 saturated carbocycles. The first-order valence-corrected chi connectivity index (χ1v) is 8.17. The fourth-order valence-electron chi connectivity index (χ4n) is 2.30. The van der Waals surface area contributed by atoms with Gasteiger partial charge in [0.05, 0.1) is 19.5 Å². The van der Waals surface area contributed by atoms with Crippen LogP contribution in [0.15, 0.2) is 30.9 Å². The Morgan fingerprint density at radius 2 is 2.17 bits per heavy atom. The van der Waals surface area contributed by atoms with E-state index in [9.17, 15) is 0 Å². The van der Waals surface area contributed by atoms with Crippen LogP contribution in [0.25, 0.3) is 0 Å². The van der Waals surface area contributed by atoms with Crippen molar-refractivity contribution in [1.29, 1.82) is 0 Å². The van der Waals surface area contributed by atoms with Crippen molar-refractivity contribution >= 4 is 11.6 Å². The van der Waals surface area contributed by atoms with E-state index in [1.54, 1.807) is 19.4 Å². The Hall–Kier alpha value is -1.72. The molecule has 2 rings (SSSR count). The minimum absolute atomic E-state index is 0.0741. The summed E-state index contributed by atoms with van der Waals surface area (Å²) in [5.74, 6) is 1.43. The number of nitrogens with zero attached hydrogens (tertiary/aromatic N) is 2. The molecule has 6 heteroatoms. The van der Waals surface area contributed by atoms with E-state index < -0.39 is 0 Å². The summed E-state index contributed by atoms with van der Waals surface area (Å²) in [7, 11) is 1.63. The van der Waals surface area contributed by atoms with Crippen LogP contribution in [0.2, 0.25) is 5.02 Å². The maximum absolute atomic E-state index is 6.17. The minimum Gasteiger partial charge on any atom is -0.493 e. The van der Waals surface area contributed by atoms with Crippen molar-refractivity contribution in [3.8, 4) is 11.5 Å². The first-order chi connectivity index (χ1) is 11.1. The Morgan fingerprint density at radius 1 is 1.35 bits per heavy atom. The fraction of sp³-hybridized carbons (Fsp3) is 0.471. The second kappa shape index (κ2) is 8.79. The number of benzene rings is 1. The van der Waals surface area contributed by atoms with E-state index in [-0.39, 0.29) is 6.10 Å². The summed E-state index contributed by atoms with van der Waals surface area (Å²) in [5, 5.41) is 4.07. The van der Waals surface area contributed by atoms with E-state index in [4.69, 9.17) is 21.1 Å². The van der Waals surface area contributed by atoms with Crippen LogP contribution in [0.5, 0.6) is 11.5 Å². The number of halogens is 1. The molecule has 0 radical (unpaired) electrons. The van der Waals surface area contributed by atoms with Crippen molar-refractivity contribution in [2.45, 2.75) is 39.5 Å². The van der Waals surface area contributed by atoms with Crippen LogP contribution >= 0.6 is 11.6 Å². The SMILES string of the molecule is COc1cc(Cl)cc(CNCCCn2ccnc2)c1OC(C)C.